The van der Waals surface area contributed by atoms with Crippen molar-refractivity contribution in [1.82, 2.24) is 0 Å². The first kappa shape index (κ1) is 13.4. The molecule has 0 heterocycles. The fourth-order valence-electron chi connectivity index (χ4n) is 1.80. The van der Waals surface area contributed by atoms with Crippen LogP contribution in [-0.2, 0) is 4.79 Å². The van der Waals surface area contributed by atoms with Crippen LogP contribution in [-0.4, -0.2) is 17.1 Å². The topological polar surface area (TPSA) is 63.3 Å². The van der Waals surface area contributed by atoms with Crippen molar-refractivity contribution in [3.63, 3.8) is 0 Å². The molecule has 1 unspecified atom stereocenters. The van der Waals surface area contributed by atoms with E-state index < -0.39 is 12.0 Å². The second-order valence-corrected chi connectivity index (χ2v) is 5.50. The van der Waals surface area contributed by atoms with E-state index in [0.29, 0.717) is 0 Å². The highest BCUT2D eigenvalue weighted by molar-refractivity contribution is 5.74. The summed E-state index contributed by atoms with van der Waals surface area (Å²) in [4.78, 5) is 10.8. The lowest BCUT2D eigenvalue weighted by Crippen LogP contribution is -2.45. The second-order valence-electron chi connectivity index (χ2n) is 5.50. The maximum absolute atomic E-state index is 10.8. The van der Waals surface area contributed by atoms with Crippen molar-refractivity contribution < 1.29 is 9.90 Å². The summed E-state index contributed by atoms with van der Waals surface area (Å²) in [6.45, 7) is 10.2. The largest absolute Gasteiger partial charge is 0.480 e. The van der Waals surface area contributed by atoms with Crippen molar-refractivity contribution in [2.75, 3.05) is 0 Å². The zero-order valence-corrected chi connectivity index (χ0v) is 9.92. The molecule has 0 fully saturated rings. The van der Waals surface area contributed by atoms with E-state index in [1.54, 1.807) is 0 Å². The van der Waals surface area contributed by atoms with Crippen LogP contribution in [0.5, 0.6) is 0 Å². The molecule has 0 rings (SSSR count). The molecule has 0 bridgehead atoms. The van der Waals surface area contributed by atoms with E-state index in [2.05, 4.69) is 20.8 Å². The molecule has 3 heteroatoms. The van der Waals surface area contributed by atoms with E-state index in [9.17, 15) is 4.79 Å². The Morgan fingerprint density at radius 2 is 1.79 bits per heavy atom. The lowest BCUT2D eigenvalue weighted by atomic mass is 9.70. The average Bonchev–Trinajstić information content (AvgIpc) is 2.01. The zero-order valence-electron chi connectivity index (χ0n) is 9.92. The van der Waals surface area contributed by atoms with Gasteiger partial charge in [0.2, 0.25) is 0 Å². The number of carboxylic acid groups (broad SMARTS) is 1. The molecule has 0 aromatic carbocycles. The van der Waals surface area contributed by atoms with E-state index in [1.807, 2.05) is 13.8 Å². The third-order valence-corrected chi connectivity index (χ3v) is 3.00. The summed E-state index contributed by atoms with van der Waals surface area (Å²) >= 11 is 0. The molecule has 14 heavy (non-hydrogen) atoms. The van der Waals surface area contributed by atoms with Gasteiger partial charge in [0.1, 0.15) is 6.04 Å². The predicted octanol–water partition coefficient (Wildman–Crippen LogP) is 2.25. The number of carboxylic acids is 1. The molecule has 0 saturated heterocycles. The fraction of sp³-hybridized carbons (Fsp3) is 0.909. The molecule has 3 nitrogen and oxygen atoms in total. The zero-order chi connectivity index (χ0) is 11.6. The Labute approximate surface area is 86.7 Å². The first-order chi connectivity index (χ1) is 6.12. The van der Waals surface area contributed by atoms with Gasteiger partial charge in [-0.15, -0.1) is 0 Å². The average molecular weight is 201 g/mol. The Balaban J connectivity index is 4.56. The highest BCUT2D eigenvalue weighted by Crippen LogP contribution is 2.37. The second kappa shape index (κ2) is 4.30. The third-order valence-electron chi connectivity index (χ3n) is 3.00. The Morgan fingerprint density at radius 3 is 2.07 bits per heavy atom. The molecule has 0 aliphatic rings. The number of carbonyl (C=O) groups is 1. The summed E-state index contributed by atoms with van der Waals surface area (Å²) in [5.41, 5.74) is 5.45. The molecule has 0 saturated carbocycles. The third kappa shape index (κ3) is 3.66. The Bertz CT molecular complexity index is 209. The van der Waals surface area contributed by atoms with E-state index in [0.717, 1.165) is 12.8 Å². The lowest BCUT2D eigenvalue weighted by molar-refractivity contribution is -0.141. The van der Waals surface area contributed by atoms with Gasteiger partial charge >= 0.3 is 5.97 Å². The molecule has 0 amide bonds. The number of hydrogen-bond donors (Lipinski definition) is 2. The van der Waals surface area contributed by atoms with Crippen LogP contribution in [0.25, 0.3) is 0 Å². The van der Waals surface area contributed by atoms with Gasteiger partial charge in [0.15, 0.2) is 0 Å². The number of hydrogen-bond acceptors (Lipinski definition) is 2. The van der Waals surface area contributed by atoms with Crippen molar-refractivity contribution >= 4 is 5.97 Å². The highest BCUT2D eigenvalue weighted by atomic mass is 16.4. The van der Waals surface area contributed by atoms with Gasteiger partial charge < -0.3 is 10.8 Å². The SMILES string of the molecule is CCC(C)(C)CC(C)(C)C(N)C(=O)O. The van der Waals surface area contributed by atoms with Crippen molar-refractivity contribution in [3.8, 4) is 0 Å². The summed E-state index contributed by atoms with van der Waals surface area (Å²) in [6.07, 6.45) is 1.85. The summed E-state index contributed by atoms with van der Waals surface area (Å²) in [5, 5.41) is 8.86. The first-order valence-electron chi connectivity index (χ1n) is 5.11. The van der Waals surface area contributed by atoms with Gasteiger partial charge in [0.05, 0.1) is 0 Å². The lowest BCUT2D eigenvalue weighted by Gasteiger charge is -2.36. The molecule has 0 radical (unpaired) electrons. The fourth-order valence-corrected chi connectivity index (χ4v) is 1.80. The van der Waals surface area contributed by atoms with Crippen LogP contribution in [0.4, 0.5) is 0 Å². The maximum atomic E-state index is 10.8. The van der Waals surface area contributed by atoms with Crippen LogP contribution in [0.1, 0.15) is 47.5 Å². The predicted molar refractivity (Wildman–Crippen MR) is 58.1 cm³/mol. The van der Waals surface area contributed by atoms with Gasteiger partial charge in [-0.05, 0) is 17.3 Å². The standard InChI is InChI=1S/C11H23NO2/c1-6-10(2,3)7-11(4,5)8(12)9(13)14/h8H,6-7,12H2,1-5H3,(H,13,14). The van der Waals surface area contributed by atoms with E-state index >= 15 is 0 Å². The van der Waals surface area contributed by atoms with Crippen molar-refractivity contribution in [1.29, 1.82) is 0 Å². The monoisotopic (exact) mass is 201 g/mol. The molecule has 1 atom stereocenters. The number of nitrogens with two attached hydrogens (primary N) is 1. The summed E-state index contributed by atoms with van der Waals surface area (Å²) in [5.74, 6) is -0.915. The minimum atomic E-state index is -0.915. The Hall–Kier alpha value is -0.570. The van der Waals surface area contributed by atoms with Gasteiger partial charge in [0, 0.05) is 0 Å². The summed E-state index contributed by atoms with van der Waals surface area (Å²) < 4.78 is 0. The van der Waals surface area contributed by atoms with Gasteiger partial charge in [-0.25, -0.2) is 0 Å². The van der Waals surface area contributed by atoms with Crippen LogP contribution in [0.15, 0.2) is 0 Å². The molecule has 3 N–H and O–H groups in total. The van der Waals surface area contributed by atoms with Crippen LogP contribution in [0, 0.1) is 10.8 Å². The Kier molecular flexibility index (Phi) is 4.13. The summed E-state index contributed by atoms with van der Waals surface area (Å²) in [6, 6.07) is -0.784. The molecule has 84 valence electrons. The van der Waals surface area contributed by atoms with Gasteiger partial charge in [-0.1, -0.05) is 41.0 Å². The van der Waals surface area contributed by atoms with Crippen molar-refractivity contribution in [2.24, 2.45) is 16.6 Å². The van der Waals surface area contributed by atoms with Crippen LogP contribution >= 0.6 is 0 Å². The van der Waals surface area contributed by atoms with E-state index in [1.165, 1.54) is 0 Å². The first-order valence-corrected chi connectivity index (χ1v) is 5.11. The molecular formula is C11H23NO2. The molecule has 0 aromatic rings. The minimum absolute atomic E-state index is 0.149. The normalized spacial score (nSPS) is 15.3. The summed E-state index contributed by atoms with van der Waals surface area (Å²) in [7, 11) is 0. The molecule has 0 aliphatic heterocycles. The number of rotatable bonds is 5. The molecule has 0 aromatic heterocycles. The quantitative estimate of drug-likeness (QED) is 0.717. The smallest absolute Gasteiger partial charge is 0.321 e. The van der Waals surface area contributed by atoms with Crippen molar-refractivity contribution in [2.45, 2.75) is 53.5 Å². The van der Waals surface area contributed by atoms with E-state index in [4.69, 9.17) is 10.8 Å². The van der Waals surface area contributed by atoms with Crippen LogP contribution in [0.2, 0.25) is 0 Å². The molecule has 0 aliphatic carbocycles. The number of aliphatic carboxylic acids is 1. The van der Waals surface area contributed by atoms with Crippen LogP contribution in [0.3, 0.4) is 0 Å². The van der Waals surface area contributed by atoms with Crippen LogP contribution < -0.4 is 5.73 Å². The van der Waals surface area contributed by atoms with Gasteiger partial charge in [0.25, 0.3) is 0 Å². The van der Waals surface area contributed by atoms with Crippen molar-refractivity contribution in [3.05, 3.63) is 0 Å². The van der Waals surface area contributed by atoms with Gasteiger partial charge in [-0.2, -0.15) is 0 Å². The van der Waals surface area contributed by atoms with E-state index in [-0.39, 0.29) is 10.8 Å². The highest BCUT2D eigenvalue weighted by Gasteiger charge is 2.36. The minimum Gasteiger partial charge on any atom is -0.480 e. The Morgan fingerprint density at radius 1 is 1.36 bits per heavy atom. The van der Waals surface area contributed by atoms with Gasteiger partial charge in [-0.3, -0.25) is 4.79 Å². The molecule has 0 spiro atoms. The molecular weight excluding hydrogens is 178 g/mol. The maximum Gasteiger partial charge on any atom is 0.321 e.